The number of rotatable bonds is 7. The number of carbonyl (C=O) groups is 1. The van der Waals surface area contributed by atoms with E-state index in [0.29, 0.717) is 23.2 Å². The van der Waals surface area contributed by atoms with E-state index in [1.165, 1.54) is 48.1 Å². The summed E-state index contributed by atoms with van der Waals surface area (Å²) in [7, 11) is 1.23. The maximum absolute atomic E-state index is 13.5. The Morgan fingerprint density at radius 1 is 1.00 bits per heavy atom. The molecule has 0 spiro atoms. The third-order valence-electron chi connectivity index (χ3n) is 5.51. The van der Waals surface area contributed by atoms with Crippen molar-refractivity contribution < 1.29 is 30.0 Å². The molecule has 4 N–H and O–H groups in total. The quantitative estimate of drug-likeness (QED) is 0.305. The normalized spacial score (nSPS) is 11.8. The summed E-state index contributed by atoms with van der Waals surface area (Å²) >= 11 is 6.04. The van der Waals surface area contributed by atoms with Crippen molar-refractivity contribution in [3.8, 4) is 23.0 Å². The number of nitrogens with zero attached hydrogens (tertiary/aromatic N) is 1. The fourth-order valence-corrected chi connectivity index (χ4v) is 3.90. The van der Waals surface area contributed by atoms with Gasteiger partial charge in [-0.15, -0.1) is 0 Å². The van der Waals surface area contributed by atoms with E-state index in [0.717, 1.165) is 0 Å². The Labute approximate surface area is 194 Å². The molecular weight excluding hydrogens is 450 g/mol. The number of methoxy groups -OCH3 is 1. The molecule has 0 radical (unpaired) electrons. The molecule has 8 nitrogen and oxygen atoms in total. The second kappa shape index (κ2) is 9.87. The minimum atomic E-state index is -0.868. The molecule has 1 heterocycles. The van der Waals surface area contributed by atoms with Gasteiger partial charge in [-0.25, -0.2) is 0 Å². The Kier molecular flexibility index (Phi) is 7.18. The minimum Gasteiger partial charge on any atom is -0.507 e. The standard InChI is InChI=1S/C24H24ClNO7/c1-13-9-21(30)23(16(12-22(31)33-2)15-4-6-18(27)17(25)11-15)24(32)26(13)8-7-14-3-5-19(28)20(29)10-14/h3-6,9-11,16,27-30H,7-8,12H2,1-2H3/t16-/m0/s1. The van der Waals surface area contributed by atoms with Crippen LogP contribution in [0.4, 0.5) is 0 Å². The van der Waals surface area contributed by atoms with Crippen LogP contribution in [0.15, 0.2) is 47.3 Å². The highest BCUT2D eigenvalue weighted by molar-refractivity contribution is 6.32. The van der Waals surface area contributed by atoms with Crippen LogP contribution in [0.3, 0.4) is 0 Å². The number of pyridine rings is 1. The number of aromatic hydroxyl groups is 4. The Balaban J connectivity index is 2.06. The highest BCUT2D eigenvalue weighted by Gasteiger charge is 2.27. The maximum Gasteiger partial charge on any atom is 0.306 e. The molecule has 0 saturated heterocycles. The molecule has 0 saturated carbocycles. The van der Waals surface area contributed by atoms with Crippen LogP contribution in [0.5, 0.6) is 23.0 Å². The van der Waals surface area contributed by atoms with Crippen LogP contribution in [0.2, 0.25) is 5.02 Å². The van der Waals surface area contributed by atoms with Gasteiger partial charge in [0.2, 0.25) is 0 Å². The van der Waals surface area contributed by atoms with Crippen molar-refractivity contribution in [2.75, 3.05) is 7.11 Å². The molecule has 1 atom stereocenters. The highest BCUT2D eigenvalue weighted by atomic mass is 35.5. The van der Waals surface area contributed by atoms with Crippen LogP contribution >= 0.6 is 11.6 Å². The van der Waals surface area contributed by atoms with Gasteiger partial charge < -0.3 is 29.7 Å². The number of hydrogen-bond donors (Lipinski definition) is 4. The molecule has 9 heteroatoms. The van der Waals surface area contributed by atoms with Gasteiger partial charge in [0.15, 0.2) is 11.5 Å². The summed E-state index contributed by atoms with van der Waals surface area (Å²) in [6.45, 7) is 1.90. The summed E-state index contributed by atoms with van der Waals surface area (Å²) in [5.74, 6) is -2.38. The van der Waals surface area contributed by atoms with E-state index in [-0.39, 0.29) is 46.5 Å². The van der Waals surface area contributed by atoms with Crippen LogP contribution in [-0.4, -0.2) is 38.1 Å². The zero-order valence-electron chi connectivity index (χ0n) is 18.1. The Morgan fingerprint density at radius 2 is 1.70 bits per heavy atom. The van der Waals surface area contributed by atoms with E-state index in [1.54, 1.807) is 13.0 Å². The Bertz CT molecular complexity index is 1250. The molecule has 3 aromatic rings. The summed E-state index contributed by atoms with van der Waals surface area (Å²) in [4.78, 5) is 25.6. The van der Waals surface area contributed by atoms with Crippen LogP contribution in [-0.2, 0) is 22.5 Å². The van der Waals surface area contributed by atoms with Gasteiger partial charge in [0.05, 0.1) is 24.1 Å². The molecule has 0 bridgehead atoms. The lowest BCUT2D eigenvalue weighted by atomic mass is 9.88. The number of phenols is 3. The molecule has 2 aromatic carbocycles. The third-order valence-corrected chi connectivity index (χ3v) is 5.81. The summed E-state index contributed by atoms with van der Waals surface area (Å²) < 4.78 is 6.25. The minimum absolute atomic E-state index is 0.00121. The van der Waals surface area contributed by atoms with E-state index in [9.17, 15) is 30.0 Å². The lowest BCUT2D eigenvalue weighted by molar-refractivity contribution is -0.140. The summed E-state index contributed by atoms with van der Waals surface area (Å²) in [5.41, 5.74) is 1.16. The lowest BCUT2D eigenvalue weighted by Gasteiger charge is -2.21. The lowest BCUT2D eigenvalue weighted by Crippen LogP contribution is -2.29. The van der Waals surface area contributed by atoms with Gasteiger partial charge in [0.1, 0.15) is 11.5 Å². The molecule has 0 unspecified atom stereocenters. The fourth-order valence-electron chi connectivity index (χ4n) is 3.72. The van der Waals surface area contributed by atoms with Gasteiger partial charge in [-0.2, -0.15) is 0 Å². The predicted molar refractivity (Wildman–Crippen MR) is 122 cm³/mol. The summed E-state index contributed by atoms with van der Waals surface area (Å²) in [6.07, 6.45) is 0.140. The second-order valence-corrected chi connectivity index (χ2v) is 8.07. The monoisotopic (exact) mass is 473 g/mol. The van der Waals surface area contributed by atoms with Gasteiger partial charge in [-0.05, 0) is 54.8 Å². The molecule has 0 aliphatic heterocycles. The second-order valence-electron chi connectivity index (χ2n) is 7.66. The molecular formula is C24H24ClNO7. The van der Waals surface area contributed by atoms with Crippen molar-refractivity contribution in [2.45, 2.75) is 32.2 Å². The summed E-state index contributed by atoms with van der Waals surface area (Å²) in [5, 5.41) is 39.7. The van der Waals surface area contributed by atoms with Crippen LogP contribution in [0.1, 0.15) is 34.7 Å². The number of ether oxygens (including phenoxy) is 1. The number of aryl methyl sites for hydroxylation is 2. The zero-order valence-corrected chi connectivity index (χ0v) is 18.8. The van der Waals surface area contributed by atoms with Crippen LogP contribution < -0.4 is 5.56 Å². The van der Waals surface area contributed by atoms with Crippen LogP contribution in [0.25, 0.3) is 0 Å². The molecule has 1 aromatic heterocycles. The molecule has 0 fully saturated rings. The first-order valence-corrected chi connectivity index (χ1v) is 10.5. The number of halogens is 1. The molecule has 3 rings (SSSR count). The Morgan fingerprint density at radius 3 is 2.33 bits per heavy atom. The van der Waals surface area contributed by atoms with Crippen LogP contribution in [0, 0.1) is 6.92 Å². The average Bonchev–Trinajstić information content (AvgIpc) is 2.76. The number of esters is 1. The highest BCUT2D eigenvalue weighted by Crippen LogP contribution is 2.36. The van der Waals surface area contributed by atoms with Gasteiger partial charge in [0.25, 0.3) is 5.56 Å². The number of phenolic OH excluding ortho intramolecular Hbond substituents is 3. The molecule has 0 aliphatic carbocycles. The van der Waals surface area contributed by atoms with Crippen molar-refractivity contribution in [3.05, 3.63) is 80.2 Å². The SMILES string of the molecule is COC(=O)C[C@@H](c1ccc(O)c(Cl)c1)c1c(O)cc(C)n(CCc2ccc(O)c(O)c2)c1=O. The number of hydrogen-bond acceptors (Lipinski definition) is 7. The van der Waals surface area contributed by atoms with E-state index in [1.807, 2.05) is 0 Å². The van der Waals surface area contributed by atoms with Gasteiger partial charge in [-0.3, -0.25) is 9.59 Å². The number of benzene rings is 2. The van der Waals surface area contributed by atoms with Crippen molar-refractivity contribution in [2.24, 2.45) is 0 Å². The maximum atomic E-state index is 13.5. The largest absolute Gasteiger partial charge is 0.507 e. The summed E-state index contributed by atoms with van der Waals surface area (Å²) in [6, 6.07) is 10.2. The first kappa shape index (κ1) is 24.0. The molecule has 33 heavy (non-hydrogen) atoms. The van der Waals surface area contributed by atoms with Crippen molar-refractivity contribution in [1.82, 2.24) is 4.57 Å². The van der Waals surface area contributed by atoms with Gasteiger partial charge >= 0.3 is 5.97 Å². The molecule has 174 valence electrons. The first-order valence-electron chi connectivity index (χ1n) is 10.1. The Hall–Kier alpha value is -3.65. The van der Waals surface area contributed by atoms with E-state index >= 15 is 0 Å². The van der Waals surface area contributed by atoms with E-state index in [4.69, 9.17) is 16.3 Å². The third kappa shape index (κ3) is 5.23. The average molecular weight is 474 g/mol. The first-order chi connectivity index (χ1) is 15.6. The zero-order chi connectivity index (χ0) is 24.3. The van der Waals surface area contributed by atoms with Crippen molar-refractivity contribution in [1.29, 1.82) is 0 Å². The number of aromatic nitrogens is 1. The van der Waals surface area contributed by atoms with E-state index < -0.39 is 17.4 Å². The molecule has 0 amide bonds. The van der Waals surface area contributed by atoms with Crippen molar-refractivity contribution in [3.63, 3.8) is 0 Å². The number of carbonyl (C=O) groups excluding carboxylic acids is 1. The van der Waals surface area contributed by atoms with Crippen molar-refractivity contribution >= 4 is 17.6 Å². The fraction of sp³-hybridized carbons (Fsp3) is 0.250. The van der Waals surface area contributed by atoms with Gasteiger partial charge in [-0.1, -0.05) is 23.7 Å². The smallest absolute Gasteiger partial charge is 0.306 e. The van der Waals surface area contributed by atoms with E-state index in [2.05, 4.69) is 0 Å². The predicted octanol–water partition coefficient (Wildman–Crippen LogP) is 3.57. The van der Waals surface area contributed by atoms with Gasteiger partial charge in [0, 0.05) is 18.2 Å². The topological polar surface area (TPSA) is 129 Å². The molecule has 0 aliphatic rings.